The first-order chi connectivity index (χ1) is 11.8. The molecule has 1 heterocycles. The lowest BCUT2D eigenvalue weighted by Gasteiger charge is -2.32. The minimum Gasteiger partial charge on any atom is -0.489 e. The van der Waals surface area contributed by atoms with Crippen LogP contribution in [0.25, 0.3) is 0 Å². The lowest BCUT2D eigenvalue weighted by molar-refractivity contribution is 0.00578. The fraction of sp³-hybridized carbons (Fsp3) is 0.350. The summed E-state index contributed by atoms with van der Waals surface area (Å²) in [5.74, 6) is 0.660. The van der Waals surface area contributed by atoms with Gasteiger partial charge < -0.3 is 14.0 Å². The molecule has 25 heavy (non-hydrogen) atoms. The van der Waals surface area contributed by atoms with Crippen LogP contribution in [-0.2, 0) is 15.9 Å². The second-order valence-corrected chi connectivity index (χ2v) is 7.28. The van der Waals surface area contributed by atoms with E-state index < -0.39 is 18.3 Å². The zero-order chi connectivity index (χ0) is 18.1. The maximum absolute atomic E-state index is 11.2. The van der Waals surface area contributed by atoms with Crippen molar-refractivity contribution >= 4 is 18.9 Å². The van der Waals surface area contributed by atoms with Gasteiger partial charge in [0.25, 0.3) is 0 Å². The van der Waals surface area contributed by atoms with Crippen molar-refractivity contribution < 1.29 is 18.8 Å². The summed E-state index contributed by atoms with van der Waals surface area (Å²) in [6, 6.07) is 15.2. The number of aldehydes is 1. The standard InChI is InChI=1S/C20H23BO4/c1-19(2)20(3,4)25-21(24-19)17-12-16(13-22)10-11-18(17)23-14-15-8-6-5-7-9-15/h5-13H,14H2,1-4H3. The topological polar surface area (TPSA) is 44.8 Å². The molecule has 1 aliphatic rings. The molecular formula is C20H23BO4. The van der Waals surface area contributed by atoms with E-state index in [0.717, 1.165) is 17.3 Å². The quantitative estimate of drug-likeness (QED) is 0.619. The van der Waals surface area contributed by atoms with Gasteiger partial charge in [-0.15, -0.1) is 0 Å². The Morgan fingerprint density at radius 3 is 2.24 bits per heavy atom. The number of benzene rings is 2. The van der Waals surface area contributed by atoms with Gasteiger partial charge in [0.2, 0.25) is 0 Å². The molecule has 0 atom stereocenters. The molecule has 2 aromatic rings. The first-order valence-corrected chi connectivity index (χ1v) is 8.44. The second kappa shape index (κ2) is 6.66. The molecule has 0 saturated carbocycles. The molecule has 3 rings (SSSR count). The van der Waals surface area contributed by atoms with Crippen LogP contribution in [0, 0.1) is 0 Å². The van der Waals surface area contributed by atoms with E-state index in [0.29, 0.717) is 17.9 Å². The Bertz CT molecular complexity index is 740. The average molecular weight is 338 g/mol. The summed E-state index contributed by atoms with van der Waals surface area (Å²) in [4.78, 5) is 11.2. The van der Waals surface area contributed by atoms with Crippen LogP contribution < -0.4 is 10.2 Å². The van der Waals surface area contributed by atoms with E-state index in [1.807, 2.05) is 58.0 Å². The molecule has 0 aliphatic carbocycles. The van der Waals surface area contributed by atoms with Gasteiger partial charge in [0.1, 0.15) is 18.6 Å². The molecule has 2 aromatic carbocycles. The van der Waals surface area contributed by atoms with Gasteiger partial charge in [0, 0.05) is 11.0 Å². The Balaban J connectivity index is 1.88. The monoisotopic (exact) mass is 338 g/mol. The molecule has 0 amide bonds. The Hall–Kier alpha value is -2.11. The minimum atomic E-state index is -0.573. The zero-order valence-corrected chi connectivity index (χ0v) is 15.1. The van der Waals surface area contributed by atoms with Gasteiger partial charge >= 0.3 is 7.12 Å². The third kappa shape index (κ3) is 3.62. The fourth-order valence-corrected chi connectivity index (χ4v) is 2.66. The highest BCUT2D eigenvalue weighted by molar-refractivity contribution is 6.63. The van der Waals surface area contributed by atoms with Crippen molar-refractivity contribution in [2.75, 3.05) is 0 Å². The van der Waals surface area contributed by atoms with Gasteiger partial charge in [-0.05, 0) is 51.5 Å². The van der Waals surface area contributed by atoms with Crippen molar-refractivity contribution in [3.8, 4) is 5.75 Å². The summed E-state index contributed by atoms with van der Waals surface area (Å²) < 4.78 is 18.2. The fourth-order valence-electron chi connectivity index (χ4n) is 2.66. The minimum absolute atomic E-state index is 0.438. The summed E-state index contributed by atoms with van der Waals surface area (Å²) in [6.07, 6.45) is 0.815. The van der Waals surface area contributed by atoms with Crippen molar-refractivity contribution in [1.82, 2.24) is 0 Å². The summed E-state index contributed by atoms with van der Waals surface area (Å²) >= 11 is 0. The number of hydrogen-bond donors (Lipinski definition) is 0. The zero-order valence-electron chi connectivity index (χ0n) is 15.1. The van der Waals surface area contributed by atoms with Crippen LogP contribution in [0.2, 0.25) is 0 Å². The van der Waals surface area contributed by atoms with Crippen molar-refractivity contribution in [2.45, 2.75) is 45.5 Å². The molecule has 0 spiro atoms. The predicted octanol–water partition coefficient (Wildman–Crippen LogP) is 3.38. The highest BCUT2D eigenvalue weighted by Crippen LogP contribution is 2.37. The Labute approximate surface area is 149 Å². The van der Waals surface area contributed by atoms with Gasteiger partial charge in [-0.2, -0.15) is 0 Å². The van der Waals surface area contributed by atoms with E-state index in [-0.39, 0.29) is 0 Å². The normalized spacial score (nSPS) is 18.2. The molecule has 0 unspecified atom stereocenters. The van der Waals surface area contributed by atoms with Crippen LogP contribution in [0.1, 0.15) is 43.6 Å². The summed E-state index contributed by atoms with van der Waals surface area (Å²) in [5.41, 5.74) is 1.47. The smallest absolute Gasteiger partial charge is 0.489 e. The van der Waals surface area contributed by atoms with Crippen molar-refractivity contribution in [1.29, 1.82) is 0 Å². The molecule has 0 radical (unpaired) electrons. The Morgan fingerprint density at radius 1 is 1.00 bits per heavy atom. The van der Waals surface area contributed by atoms with Gasteiger partial charge in [-0.1, -0.05) is 30.3 Å². The van der Waals surface area contributed by atoms with Crippen molar-refractivity contribution in [3.05, 3.63) is 59.7 Å². The molecule has 0 N–H and O–H groups in total. The molecular weight excluding hydrogens is 315 g/mol. The van der Waals surface area contributed by atoms with Gasteiger partial charge in [-0.25, -0.2) is 0 Å². The number of carbonyl (C=O) groups excluding carboxylic acids is 1. The summed E-state index contributed by atoms with van der Waals surface area (Å²) in [6.45, 7) is 8.44. The SMILES string of the molecule is CC1(C)OB(c2cc(C=O)ccc2OCc2ccccc2)OC1(C)C. The first kappa shape index (κ1) is 17.7. The van der Waals surface area contributed by atoms with Crippen LogP contribution in [0.3, 0.4) is 0 Å². The maximum atomic E-state index is 11.2. The van der Waals surface area contributed by atoms with E-state index in [1.165, 1.54) is 0 Å². The van der Waals surface area contributed by atoms with E-state index in [1.54, 1.807) is 18.2 Å². The molecule has 5 heteroatoms. The van der Waals surface area contributed by atoms with E-state index in [2.05, 4.69) is 0 Å². The highest BCUT2D eigenvalue weighted by atomic mass is 16.7. The highest BCUT2D eigenvalue weighted by Gasteiger charge is 2.52. The van der Waals surface area contributed by atoms with Crippen molar-refractivity contribution in [2.24, 2.45) is 0 Å². The number of ether oxygens (including phenoxy) is 1. The Morgan fingerprint density at radius 2 is 1.64 bits per heavy atom. The first-order valence-electron chi connectivity index (χ1n) is 8.44. The van der Waals surface area contributed by atoms with Crippen LogP contribution >= 0.6 is 0 Å². The van der Waals surface area contributed by atoms with Crippen LogP contribution in [0.15, 0.2) is 48.5 Å². The number of rotatable bonds is 5. The number of hydrogen-bond acceptors (Lipinski definition) is 4. The van der Waals surface area contributed by atoms with Crippen LogP contribution in [-0.4, -0.2) is 24.6 Å². The van der Waals surface area contributed by atoms with E-state index in [4.69, 9.17) is 14.0 Å². The van der Waals surface area contributed by atoms with E-state index >= 15 is 0 Å². The molecule has 1 aliphatic heterocycles. The lowest BCUT2D eigenvalue weighted by atomic mass is 9.77. The van der Waals surface area contributed by atoms with Gasteiger partial charge in [-0.3, -0.25) is 4.79 Å². The molecule has 0 bridgehead atoms. The van der Waals surface area contributed by atoms with Crippen LogP contribution in [0.4, 0.5) is 0 Å². The van der Waals surface area contributed by atoms with E-state index in [9.17, 15) is 4.79 Å². The Kier molecular flexibility index (Phi) is 4.72. The molecule has 130 valence electrons. The third-order valence-electron chi connectivity index (χ3n) is 4.91. The largest absolute Gasteiger partial charge is 0.498 e. The maximum Gasteiger partial charge on any atom is 0.498 e. The third-order valence-corrected chi connectivity index (χ3v) is 4.91. The molecule has 1 fully saturated rings. The van der Waals surface area contributed by atoms with Crippen molar-refractivity contribution in [3.63, 3.8) is 0 Å². The average Bonchev–Trinajstić information content (AvgIpc) is 2.81. The van der Waals surface area contributed by atoms with Crippen LogP contribution in [0.5, 0.6) is 5.75 Å². The summed E-state index contributed by atoms with van der Waals surface area (Å²) in [5, 5.41) is 0. The lowest BCUT2D eigenvalue weighted by Crippen LogP contribution is -2.41. The molecule has 4 nitrogen and oxygen atoms in total. The van der Waals surface area contributed by atoms with Gasteiger partial charge in [0.05, 0.1) is 11.2 Å². The summed E-state index contributed by atoms with van der Waals surface area (Å²) in [7, 11) is -0.573. The predicted molar refractivity (Wildman–Crippen MR) is 98.3 cm³/mol. The molecule has 0 aromatic heterocycles. The second-order valence-electron chi connectivity index (χ2n) is 7.28. The van der Waals surface area contributed by atoms with Gasteiger partial charge in [0.15, 0.2) is 0 Å². The molecule has 1 saturated heterocycles. The number of carbonyl (C=O) groups is 1.